The van der Waals surface area contributed by atoms with Crippen LogP contribution in [-0.2, 0) is 32.7 Å². The number of carboxylic acid groups (broad SMARTS) is 1. The van der Waals surface area contributed by atoms with Crippen molar-refractivity contribution in [1.29, 1.82) is 0 Å². The van der Waals surface area contributed by atoms with Crippen molar-refractivity contribution >= 4 is 25.7 Å². The first kappa shape index (κ1) is 46.4. The fourth-order valence-corrected chi connectivity index (χ4v) is 5.24. The molecule has 3 atom stereocenters. The van der Waals surface area contributed by atoms with Crippen molar-refractivity contribution in [3.8, 4) is 0 Å². The summed E-state index contributed by atoms with van der Waals surface area (Å²) in [5.41, 5.74) is 0. The second-order valence-corrected chi connectivity index (χ2v) is 13.5. The highest BCUT2D eigenvalue weighted by Crippen LogP contribution is 2.43. The highest BCUT2D eigenvalue weighted by molar-refractivity contribution is 7.47. The molecular weight excluding hydrogens is 649 g/mol. The monoisotopic (exact) mass is 713 g/mol. The Kier molecular flexibility index (Phi) is 30.9. The maximum Gasteiger partial charge on any atom is 0.472 e. The van der Waals surface area contributed by atoms with Crippen LogP contribution in [0, 0.1) is 0 Å². The topological polar surface area (TPSA) is 169 Å². The third kappa shape index (κ3) is 32.4. The summed E-state index contributed by atoms with van der Waals surface area (Å²) >= 11 is 0. The van der Waals surface area contributed by atoms with Gasteiger partial charge in [0.1, 0.15) is 12.7 Å². The summed E-state index contributed by atoms with van der Waals surface area (Å²) in [4.78, 5) is 45.3. The number of allylic oxidation sites excluding steroid dienone is 8. The van der Waals surface area contributed by atoms with Crippen LogP contribution in [0.1, 0.15) is 136 Å². The van der Waals surface area contributed by atoms with Crippen molar-refractivity contribution in [2.75, 3.05) is 19.8 Å². The molecule has 0 aliphatic rings. The summed E-state index contributed by atoms with van der Waals surface area (Å²) in [5, 5.41) is 21.5. The van der Waals surface area contributed by atoms with Crippen molar-refractivity contribution in [3.05, 3.63) is 48.6 Å². The van der Waals surface area contributed by atoms with Gasteiger partial charge in [0.15, 0.2) is 6.04 Å². The maximum atomic E-state index is 12.2. The number of hydrogen-bond donors (Lipinski definition) is 4. The predicted octanol–water partition coefficient (Wildman–Crippen LogP) is 8.27. The zero-order valence-corrected chi connectivity index (χ0v) is 30.9. The van der Waals surface area contributed by atoms with Gasteiger partial charge in [0.2, 0.25) is 5.91 Å². The van der Waals surface area contributed by atoms with Crippen LogP contribution in [-0.4, -0.2) is 64.9 Å². The molecule has 0 radical (unpaired) electrons. The molecule has 4 N–H and O–H groups in total. The molecule has 0 aromatic carbocycles. The average Bonchev–Trinajstić information content (AvgIpc) is 3.07. The van der Waals surface area contributed by atoms with Gasteiger partial charge < -0.3 is 25.2 Å². The average molecular weight is 714 g/mol. The van der Waals surface area contributed by atoms with Crippen molar-refractivity contribution in [1.82, 2.24) is 5.32 Å². The van der Waals surface area contributed by atoms with E-state index in [-0.39, 0.29) is 12.8 Å². The molecule has 0 saturated heterocycles. The van der Waals surface area contributed by atoms with Crippen molar-refractivity contribution in [2.45, 2.75) is 148 Å². The van der Waals surface area contributed by atoms with Gasteiger partial charge in [0, 0.05) is 12.8 Å². The quantitative estimate of drug-likeness (QED) is 0.0225. The van der Waals surface area contributed by atoms with Gasteiger partial charge in [-0.25, -0.2) is 9.36 Å². The van der Waals surface area contributed by atoms with Crippen LogP contribution in [0.25, 0.3) is 0 Å². The highest BCUT2D eigenvalue weighted by Gasteiger charge is 2.28. The predicted molar refractivity (Wildman–Crippen MR) is 194 cm³/mol. The third-order valence-electron chi connectivity index (χ3n) is 7.37. The number of nitrogens with one attached hydrogen (secondary N) is 1. The number of carbonyl (C=O) groups is 3. The molecule has 1 amide bonds. The van der Waals surface area contributed by atoms with E-state index in [0.717, 1.165) is 70.6 Å². The number of aliphatic hydroxyl groups is 1. The minimum absolute atomic E-state index is 0.123. The first-order chi connectivity index (χ1) is 23.6. The molecule has 11 nitrogen and oxygen atoms in total. The minimum atomic E-state index is -4.74. The van der Waals surface area contributed by atoms with E-state index in [9.17, 15) is 34.1 Å². The van der Waals surface area contributed by atoms with Crippen LogP contribution in [0.5, 0.6) is 0 Å². The Balaban J connectivity index is 3.99. The number of rotatable bonds is 33. The third-order valence-corrected chi connectivity index (χ3v) is 8.32. The number of carbonyl (C=O) groups excluding carboxylic acids is 2. The lowest BCUT2D eigenvalue weighted by Crippen LogP contribution is -2.43. The van der Waals surface area contributed by atoms with Gasteiger partial charge in [-0.05, 0) is 57.8 Å². The van der Waals surface area contributed by atoms with E-state index in [1.165, 1.54) is 25.7 Å². The maximum absolute atomic E-state index is 12.2. The number of unbranched alkanes of at least 4 members (excludes halogenated alkanes) is 11. The summed E-state index contributed by atoms with van der Waals surface area (Å²) in [6.45, 7) is 2.36. The van der Waals surface area contributed by atoms with Crippen LogP contribution in [0.15, 0.2) is 48.6 Å². The molecule has 0 aliphatic carbocycles. The summed E-state index contributed by atoms with van der Waals surface area (Å²) in [5.74, 6) is -2.43. The van der Waals surface area contributed by atoms with Gasteiger partial charge in [0.25, 0.3) is 0 Å². The zero-order chi connectivity index (χ0) is 36.4. The smallest absolute Gasteiger partial charge is 0.472 e. The van der Waals surface area contributed by atoms with Gasteiger partial charge in [-0.15, -0.1) is 0 Å². The Morgan fingerprint density at radius 1 is 0.653 bits per heavy atom. The van der Waals surface area contributed by atoms with E-state index in [0.29, 0.717) is 12.8 Å². The lowest BCUT2D eigenvalue weighted by Gasteiger charge is -2.18. The van der Waals surface area contributed by atoms with E-state index in [4.69, 9.17) is 9.26 Å². The largest absolute Gasteiger partial charge is 0.480 e. The van der Waals surface area contributed by atoms with E-state index in [1.54, 1.807) is 0 Å². The molecule has 0 heterocycles. The summed E-state index contributed by atoms with van der Waals surface area (Å²) in [7, 11) is -4.74. The lowest BCUT2D eigenvalue weighted by molar-refractivity contribution is -0.147. The van der Waals surface area contributed by atoms with Gasteiger partial charge in [-0.3, -0.25) is 18.6 Å². The van der Waals surface area contributed by atoms with Crippen molar-refractivity contribution in [3.63, 3.8) is 0 Å². The standard InChI is InChI=1S/C37H64NO10P/c1-3-5-7-9-10-11-12-13-14-15-16-17-18-19-20-21-22-23-24-25-26-28-35(40)38-34(37(42)43)32-48-49(44,45)47-31-33(39)30-46-36(41)29-27-8-6-4-2/h10-11,13-14,16-17,19-20,33-34,39H,3-9,12,15,18,21-32H2,1-2H3,(H,38,40)(H,42,43)(H,44,45)/b11-10-,14-13-,17-16-,20-19-. The van der Waals surface area contributed by atoms with E-state index >= 15 is 0 Å². The Labute approximate surface area is 294 Å². The van der Waals surface area contributed by atoms with Gasteiger partial charge in [-0.1, -0.05) is 114 Å². The number of hydrogen-bond acceptors (Lipinski definition) is 8. The van der Waals surface area contributed by atoms with Crippen LogP contribution in [0.3, 0.4) is 0 Å². The Hall–Kier alpha value is -2.56. The molecule has 0 aliphatic heterocycles. The molecule has 3 unspecified atom stereocenters. The molecule has 12 heteroatoms. The number of phosphoric acid groups is 1. The number of phosphoric ester groups is 1. The molecule has 0 saturated carbocycles. The number of esters is 1. The minimum Gasteiger partial charge on any atom is -0.480 e. The molecular formula is C37H64NO10P. The number of amides is 1. The molecule has 0 aromatic heterocycles. The van der Waals surface area contributed by atoms with Crippen molar-refractivity contribution < 1.29 is 47.8 Å². The van der Waals surface area contributed by atoms with Gasteiger partial charge >= 0.3 is 19.8 Å². The fraction of sp³-hybridized carbons (Fsp3) is 0.703. The zero-order valence-electron chi connectivity index (χ0n) is 30.0. The van der Waals surface area contributed by atoms with E-state index in [1.807, 2.05) is 0 Å². The number of aliphatic hydroxyl groups excluding tert-OH is 1. The molecule has 0 aromatic rings. The van der Waals surface area contributed by atoms with E-state index < -0.39 is 57.6 Å². The molecule has 0 bridgehead atoms. The second-order valence-electron chi connectivity index (χ2n) is 12.1. The van der Waals surface area contributed by atoms with Crippen molar-refractivity contribution in [2.24, 2.45) is 0 Å². The Morgan fingerprint density at radius 3 is 1.71 bits per heavy atom. The molecule has 0 fully saturated rings. The summed E-state index contributed by atoms with van der Waals surface area (Å²) in [6.07, 6.45) is 33.6. The van der Waals surface area contributed by atoms with Crippen LogP contribution in [0.2, 0.25) is 0 Å². The number of ether oxygens (including phenoxy) is 1. The van der Waals surface area contributed by atoms with Crippen LogP contribution in [0.4, 0.5) is 0 Å². The molecule has 0 rings (SSSR count). The summed E-state index contributed by atoms with van der Waals surface area (Å²) in [6, 6.07) is -1.56. The molecule has 0 spiro atoms. The second kappa shape index (κ2) is 32.6. The molecule has 282 valence electrons. The lowest BCUT2D eigenvalue weighted by atomic mass is 10.1. The summed E-state index contributed by atoms with van der Waals surface area (Å²) < 4.78 is 26.4. The normalized spacial score (nSPS) is 14.5. The number of aliphatic carboxylic acids is 1. The highest BCUT2D eigenvalue weighted by atomic mass is 31.2. The Morgan fingerprint density at radius 2 is 1.12 bits per heavy atom. The number of carboxylic acids is 1. The van der Waals surface area contributed by atoms with Gasteiger partial charge in [-0.2, -0.15) is 0 Å². The first-order valence-corrected chi connectivity index (χ1v) is 19.7. The van der Waals surface area contributed by atoms with E-state index in [2.05, 4.69) is 72.3 Å². The van der Waals surface area contributed by atoms with Crippen LogP contribution < -0.4 is 5.32 Å². The SMILES string of the molecule is CCCCC/C=C\C/C=C\C/C=C\C/C=C\CCCCCCCC(=O)NC(COP(=O)(O)OCC(O)COC(=O)CCCCCC)C(=O)O. The van der Waals surface area contributed by atoms with Crippen LogP contribution >= 0.6 is 7.82 Å². The van der Waals surface area contributed by atoms with Gasteiger partial charge in [0.05, 0.1) is 13.2 Å². The molecule has 49 heavy (non-hydrogen) atoms. The Bertz CT molecular complexity index is 1030. The fourth-order valence-electron chi connectivity index (χ4n) is 4.47. The first-order valence-electron chi connectivity index (χ1n) is 18.2.